The van der Waals surface area contributed by atoms with Gasteiger partial charge in [0.05, 0.1) is 28.1 Å². The molecule has 29 heavy (non-hydrogen) atoms. The van der Waals surface area contributed by atoms with Crippen molar-refractivity contribution in [3.05, 3.63) is 63.2 Å². The Kier molecular flexibility index (Phi) is 4.58. The lowest BCUT2D eigenvalue weighted by atomic mass is 10.0. The van der Waals surface area contributed by atoms with Gasteiger partial charge in [-0.05, 0) is 17.7 Å². The number of hydrogen-bond donors (Lipinski definition) is 2. The smallest absolute Gasteiger partial charge is 0.284 e. The highest BCUT2D eigenvalue weighted by atomic mass is 35.5. The number of aromatic nitrogens is 3. The second-order valence-electron chi connectivity index (χ2n) is 6.94. The molecule has 6 nitrogen and oxygen atoms in total. The molecule has 0 spiro atoms. The van der Waals surface area contributed by atoms with Crippen molar-refractivity contribution in [2.75, 3.05) is 11.9 Å². The average Bonchev–Trinajstić information content (AvgIpc) is 3.34. The number of rotatable bonds is 3. The van der Waals surface area contributed by atoms with Gasteiger partial charge in [0, 0.05) is 42.4 Å². The molecule has 0 atom stereocenters. The minimum Gasteiger partial charge on any atom is -0.319 e. The van der Waals surface area contributed by atoms with E-state index in [9.17, 15) is 4.79 Å². The van der Waals surface area contributed by atoms with E-state index in [4.69, 9.17) is 11.6 Å². The highest BCUT2D eigenvalue weighted by molar-refractivity contribution is 7.13. The number of fused-ring (bicyclic) bond motifs is 2. The fourth-order valence-electron chi connectivity index (χ4n) is 3.65. The summed E-state index contributed by atoms with van der Waals surface area (Å²) in [4.78, 5) is 18.4. The Morgan fingerprint density at radius 2 is 2.07 bits per heavy atom. The number of benzene rings is 2. The van der Waals surface area contributed by atoms with E-state index < -0.39 is 0 Å². The van der Waals surface area contributed by atoms with E-state index in [1.807, 2.05) is 54.3 Å². The average molecular weight is 424 g/mol. The van der Waals surface area contributed by atoms with Crippen LogP contribution in [0.1, 0.15) is 20.4 Å². The summed E-state index contributed by atoms with van der Waals surface area (Å²) in [5.74, 6) is -0.233. The molecule has 0 saturated carbocycles. The van der Waals surface area contributed by atoms with E-state index in [2.05, 4.69) is 20.7 Å². The molecule has 0 radical (unpaired) electrons. The van der Waals surface area contributed by atoms with Crippen molar-refractivity contribution in [1.29, 1.82) is 0 Å². The van der Waals surface area contributed by atoms with Gasteiger partial charge in [-0.1, -0.05) is 35.9 Å². The number of aryl methyl sites for hydroxylation is 1. The molecule has 1 amide bonds. The predicted molar refractivity (Wildman–Crippen MR) is 117 cm³/mol. The quantitative estimate of drug-likeness (QED) is 0.516. The van der Waals surface area contributed by atoms with E-state index in [1.165, 1.54) is 11.3 Å². The number of hydrogen-bond acceptors (Lipinski definition) is 5. The Balaban J connectivity index is 1.49. The van der Waals surface area contributed by atoms with Gasteiger partial charge in [0.25, 0.3) is 5.91 Å². The lowest BCUT2D eigenvalue weighted by molar-refractivity contribution is 0.102. The minimum absolute atomic E-state index is 0.233. The lowest BCUT2D eigenvalue weighted by Crippen LogP contribution is -2.22. The van der Waals surface area contributed by atoms with Crippen molar-refractivity contribution in [3.8, 4) is 11.1 Å². The Morgan fingerprint density at radius 3 is 2.93 bits per heavy atom. The molecule has 2 aromatic heterocycles. The molecule has 1 aliphatic rings. The van der Waals surface area contributed by atoms with Gasteiger partial charge in [-0.3, -0.25) is 9.48 Å². The molecule has 0 aliphatic carbocycles. The van der Waals surface area contributed by atoms with E-state index in [0.29, 0.717) is 15.7 Å². The first-order chi connectivity index (χ1) is 14.1. The summed E-state index contributed by atoms with van der Waals surface area (Å²) in [6, 6.07) is 11.7. The summed E-state index contributed by atoms with van der Waals surface area (Å²) in [6.07, 6.45) is 2.69. The van der Waals surface area contributed by atoms with Crippen molar-refractivity contribution in [1.82, 2.24) is 20.1 Å². The van der Waals surface area contributed by atoms with Crippen LogP contribution >= 0.6 is 22.9 Å². The number of thiazole rings is 1. The van der Waals surface area contributed by atoms with Gasteiger partial charge in [0.2, 0.25) is 0 Å². The van der Waals surface area contributed by atoms with Gasteiger partial charge in [-0.2, -0.15) is 5.10 Å². The van der Waals surface area contributed by atoms with Crippen LogP contribution < -0.4 is 10.6 Å². The van der Waals surface area contributed by atoms with Crippen LogP contribution in [0.15, 0.2) is 42.6 Å². The lowest BCUT2D eigenvalue weighted by Gasteiger charge is -2.11. The largest absolute Gasteiger partial charge is 0.319 e. The molecule has 3 heterocycles. The van der Waals surface area contributed by atoms with Crippen molar-refractivity contribution in [2.24, 2.45) is 7.05 Å². The Bertz CT molecular complexity index is 1220. The van der Waals surface area contributed by atoms with Crippen LogP contribution in [0.25, 0.3) is 22.0 Å². The molecular formula is C21H18ClN5OS. The van der Waals surface area contributed by atoms with Gasteiger partial charge < -0.3 is 10.6 Å². The normalized spacial score (nSPS) is 13.4. The van der Waals surface area contributed by atoms with E-state index in [0.717, 1.165) is 52.1 Å². The maximum Gasteiger partial charge on any atom is 0.284 e. The summed E-state index contributed by atoms with van der Waals surface area (Å²) in [5.41, 5.74) is 4.44. The maximum absolute atomic E-state index is 12.8. The van der Waals surface area contributed by atoms with Crippen molar-refractivity contribution < 1.29 is 4.79 Å². The number of carbonyl (C=O) groups excluding carboxylic acids is 1. The summed E-state index contributed by atoms with van der Waals surface area (Å²) in [6.45, 7) is 1.66. The van der Waals surface area contributed by atoms with E-state index in [1.54, 1.807) is 0 Å². The highest BCUT2D eigenvalue weighted by Gasteiger charge is 2.20. The van der Waals surface area contributed by atoms with E-state index in [-0.39, 0.29) is 5.91 Å². The van der Waals surface area contributed by atoms with Crippen LogP contribution in [-0.4, -0.2) is 27.2 Å². The molecule has 0 saturated heterocycles. The Hall–Kier alpha value is -2.74. The molecule has 2 N–H and O–H groups in total. The molecule has 4 aromatic rings. The summed E-state index contributed by atoms with van der Waals surface area (Å²) in [7, 11) is 1.91. The zero-order valence-corrected chi connectivity index (χ0v) is 17.3. The second kappa shape index (κ2) is 7.26. The first-order valence-electron chi connectivity index (χ1n) is 9.32. The summed E-state index contributed by atoms with van der Waals surface area (Å²) < 4.78 is 1.83. The summed E-state index contributed by atoms with van der Waals surface area (Å²) in [5, 5.41) is 12.6. The molecule has 5 rings (SSSR count). The van der Waals surface area contributed by atoms with Gasteiger partial charge in [0.15, 0.2) is 5.01 Å². The first kappa shape index (κ1) is 18.3. The zero-order valence-electron chi connectivity index (χ0n) is 15.7. The minimum atomic E-state index is -0.233. The van der Waals surface area contributed by atoms with Crippen LogP contribution in [0.3, 0.4) is 0 Å². The number of carbonyl (C=O) groups is 1. The predicted octanol–water partition coefficient (Wildman–Crippen LogP) is 4.25. The number of amides is 1. The fraction of sp³-hybridized carbons (Fsp3) is 0.190. The molecular weight excluding hydrogens is 406 g/mol. The van der Waals surface area contributed by atoms with Gasteiger partial charge in [-0.25, -0.2) is 4.98 Å². The number of halogens is 1. The molecule has 1 aliphatic heterocycles. The number of anilines is 1. The van der Waals surface area contributed by atoms with Crippen LogP contribution in [0, 0.1) is 0 Å². The molecule has 0 bridgehead atoms. The third kappa shape index (κ3) is 3.21. The molecule has 0 unspecified atom stereocenters. The molecule has 146 valence electrons. The zero-order chi connectivity index (χ0) is 20.0. The van der Waals surface area contributed by atoms with Crippen molar-refractivity contribution in [2.45, 2.75) is 13.0 Å². The SMILES string of the molecule is Cn1ncc2c(-c3cccc(NC(=O)c4nc5c(s4)CNCC5)c3Cl)cccc21. The molecule has 2 aromatic carbocycles. The standard InChI is InChI=1S/C21H18ClN5OS/c1-27-17-7-3-4-12(14(17)10-24-27)13-5-2-6-16(19(13)22)25-20(28)21-26-15-8-9-23-11-18(15)29-21/h2-7,10,23H,8-9,11H2,1H3,(H,25,28). The maximum atomic E-state index is 12.8. The Morgan fingerprint density at radius 1 is 1.24 bits per heavy atom. The molecule has 0 fully saturated rings. The van der Waals surface area contributed by atoms with Crippen LogP contribution in [-0.2, 0) is 20.0 Å². The van der Waals surface area contributed by atoms with Crippen LogP contribution in [0.4, 0.5) is 5.69 Å². The second-order valence-corrected chi connectivity index (χ2v) is 8.41. The highest BCUT2D eigenvalue weighted by Crippen LogP contribution is 2.37. The van der Waals surface area contributed by atoms with E-state index >= 15 is 0 Å². The van der Waals surface area contributed by atoms with Gasteiger partial charge >= 0.3 is 0 Å². The van der Waals surface area contributed by atoms with Crippen molar-refractivity contribution >= 4 is 45.4 Å². The van der Waals surface area contributed by atoms with Crippen molar-refractivity contribution in [3.63, 3.8) is 0 Å². The monoisotopic (exact) mass is 423 g/mol. The Labute approximate surface area is 176 Å². The first-order valence-corrected chi connectivity index (χ1v) is 10.5. The summed E-state index contributed by atoms with van der Waals surface area (Å²) >= 11 is 8.15. The number of nitrogens with zero attached hydrogens (tertiary/aromatic N) is 3. The van der Waals surface area contributed by atoms with Crippen LogP contribution in [0.2, 0.25) is 5.02 Å². The number of nitrogens with one attached hydrogen (secondary N) is 2. The van der Waals surface area contributed by atoms with Crippen LogP contribution in [0.5, 0.6) is 0 Å². The third-order valence-electron chi connectivity index (χ3n) is 5.13. The topological polar surface area (TPSA) is 71.8 Å². The third-order valence-corrected chi connectivity index (χ3v) is 6.63. The molecule has 8 heteroatoms. The van der Waals surface area contributed by atoms with Gasteiger partial charge in [-0.15, -0.1) is 11.3 Å². The van der Waals surface area contributed by atoms with Gasteiger partial charge in [0.1, 0.15) is 0 Å². The fourth-order valence-corrected chi connectivity index (χ4v) is 4.89.